The summed E-state index contributed by atoms with van der Waals surface area (Å²) in [6.07, 6.45) is 3.01. The van der Waals surface area contributed by atoms with E-state index in [0.717, 1.165) is 22.9 Å². The van der Waals surface area contributed by atoms with Crippen LogP contribution in [0.3, 0.4) is 0 Å². The first kappa shape index (κ1) is 24.0. The van der Waals surface area contributed by atoms with Gasteiger partial charge in [0, 0.05) is 49.1 Å². The van der Waals surface area contributed by atoms with E-state index in [4.69, 9.17) is 5.73 Å². The molecule has 0 spiro atoms. The molecule has 7 nitrogen and oxygen atoms in total. The number of likely N-dealkylation sites (tertiary alicyclic amines) is 1. The minimum absolute atomic E-state index is 0.00134. The highest BCUT2D eigenvalue weighted by atomic mass is 16.3. The summed E-state index contributed by atoms with van der Waals surface area (Å²) in [4.78, 5) is 31.5. The van der Waals surface area contributed by atoms with E-state index in [1.807, 2.05) is 48.7 Å². The molecule has 4 rings (SSSR count). The summed E-state index contributed by atoms with van der Waals surface area (Å²) in [5, 5.41) is 14.0. The average molecular weight is 463 g/mol. The van der Waals surface area contributed by atoms with Crippen molar-refractivity contribution in [1.82, 2.24) is 15.2 Å². The first-order chi connectivity index (χ1) is 16.3. The number of fused-ring (bicyclic) bond motifs is 1. The Balaban J connectivity index is 1.55. The number of nitrogens with one attached hydrogen (secondary N) is 2. The fourth-order valence-electron chi connectivity index (χ4n) is 4.84. The lowest BCUT2D eigenvalue weighted by Crippen LogP contribution is -2.58. The van der Waals surface area contributed by atoms with Crippen LogP contribution >= 0.6 is 0 Å². The Morgan fingerprint density at radius 1 is 1.18 bits per heavy atom. The van der Waals surface area contributed by atoms with E-state index >= 15 is 0 Å². The maximum Gasteiger partial charge on any atom is 0.245 e. The summed E-state index contributed by atoms with van der Waals surface area (Å²) in [5.41, 5.74) is 8.04. The van der Waals surface area contributed by atoms with Gasteiger partial charge in [0.05, 0.1) is 5.54 Å². The maximum atomic E-state index is 13.7. The van der Waals surface area contributed by atoms with Gasteiger partial charge in [-0.1, -0.05) is 48.5 Å². The Hall–Kier alpha value is -3.16. The van der Waals surface area contributed by atoms with Gasteiger partial charge >= 0.3 is 0 Å². The quantitative estimate of drug-likeness (QED) is 0.432. The Bertz CT molecular complexity index is 1140. The number of aliphatic hydroxyl groups excluding tert-OH is 1. The van der Waals surface area contributed by atoms with Gasteiger partial charge in [-0.25, -0.2) is 0 Å². The first-order valence-electron chi connectivity index (χ1n) is 11.9. The molecule has 2 amide bonds. The first-order valence-corrected chi connectivity index (χ1v) is 11.9. The summed E-state index contributed by atoms with van der Waals surface area (Å²) in [6.45, 7) is 4.27. The van der Waals surface area contributed by atoms with Crippen molar-refractivity contribution < 1.29 is 14.7 Å². The molecule has 0 aliphatic carbocycles. The van der Waals surface area contributed by atoms with E-state index in [0.29, 0.717) is 19.5 Å². The van der Waals surface area contributed by atoms with Crippen molar-refractivity contribution in [1.29, 1.82) is 0 Å². The lowest BCUT2D eigenvalue weighted by atomic mass is 9.80. The van der Waals surface area contributed by atoms with Gasteiger partial charge in [0.2, 0.25) is 11.8 Å². The Morgan fingerprint density at radius 3 is 2.59 bits per heavy atom. The SMILES string of the molecule is CC(C)(N)C(=O)N[C@H](Cc1c[nH]c2ccccc12)C(=O)N1CCC(c2ccccc2)C(CO)C1. The average Bonchev–Trinajstić information content (AvgIpc) is 3.25. The Labute approximate surface area is 200 Å². The van der Waals surface area contributed by atoms with Crippen LogP contribution in [0.25, 0.3) is 10.9 Å². The molecule has 1 aliphatic rings. The molecule has 2 aromatic carbocycles. The summed E-state index contributed by atoms with van der Waals surface area (Å²) in [6, 6.07) is 17.3. The van der Waals surface area contributed by atoms with Crippen LogP contribution in [0, 0.1) is 5.92 Å². The monoisotopic (exact) mass is 462 g/mol. The molecule has 0 saturated carbocycles. The van der Waals surface area contributed by atoms with Crippen molar-refractivity contribution in [2.45, 2.75) is 44.2 Å². The van der Waals surface area contributed by atoms with Crippen LogP contribution in [0.4, 0.5) is 0 Å². The number of piperidine rings is 1. The molecule has 3 atom stereocenters. The number of hydrogen-bond acceptors (Lipinski definition) is 4. The van der Waals surface area contributed by atoms with Crippen LogP contribution in [-0.2, 0) is 16.0 Å². The fourth-order valence-corrected chi connectivity index (χ4v) is 4.84. The number of aliphatic hydroxyl groups is 1. The normalized spacial score (nSPS) is 19.7. The summed E-state index contributed by atoms with van der Waals surface area (Å²) in [5.74, 6) is -0.383. The van der Waals surface area contributed by atoms with Crippen molar-refractivity contribution >= 4 is 22.7 Å². The number of benzene rings is 2. The van der Waals surface area contributed by atoms with E-state index < -0.39 is 11.6 Å². The second-order valence-electron chi connectivity index (χ2n) is 9.84. The third-order valence-corrected chi connectivity index (χ3v) is 6.80. The number of nitrogens with two attached hydrogens (primary N) is 1. The third-order valence-electron chi connectivity index (χ3n) is 6.80. The van der Waals surface area contributed by atoms with Crippen LogP contribution in [0.5, 0.6) is 0 Å². The molecule has 1 fully saturated rings. The lowest BCUT2D eigenvalue weighted by molar-refractivity contribution is -0.139. The molecule has 0 bridgehead atoms. The summed E-state index contributed by atoms with van der Waals surface area (Å²) in [7, 11) is 0. The number of aromatic amines is 1. The van der Waals surface area contributed by atoms with Gasteiger partial charge < -0.3 is 26.0 Å². The molecule has 1 aromatic heterocycles. The number of rotatable bonds is 7. The second-order valence-corrected chi connectivity index (χ2v) is 9.84. The smallest absolute Gasteiger partial charge is 0.245 e. The van der Waals surface area contributed by atoms with Crippen LogP contribution in [0.15, 0.2) is 60.8 Å². The van der Waals surface area contributed by atoms with Crippen LogP contribution < -0.4 is 11.1 Å². The van der Waals surface area contributed by atoms with Gasteiger partial charge in [-0.3, -0.25) is 9.59 Å². The van der Waals surface area contributed by atoms with Crippen molar-refractivity contribution in [2.75, 3.05) is 19.7 Å². The van der Waals surface area contributed by atoms with Gasteiger partial charge in [-0.2, -0.15) is 0 Å². The number of carbonyl (C=O) groups is 2. The number of aromatic nitrogens is 1. The number of para-hydroxylation sites is 1. The topological polar surface area (TPSA) is 111 Å². The van der Waals surface area contributed by atoms with Crippen molar-refractivity contribution in [3.05, 3.63) is 71.9 Å². The third kappa shape index (κ3) is 5.16. The standard InChI is InChI=1S/C27H34N4O3/c1-27(2,28)26(34)30-24(14-19-15-29-23-11-7-6-10-22(19)23)25(33)31-13-12-21(20(16-31)17-32)18-8-4-3-5-9-18/h3-11,15,20-21,24,29,32H,12-14,16-17,28H2,1-2H3,(H,30,34)/t20?,21?,24-/m1/s1. The Kier molecular flexibility index (Phi) is 7.05. The molecule has 2 unspecified atom stereocenters. The number of H-pyrrole nitrogens is 1. The van der Waals surface area contributed by atoms with Crippen LogP contribution in [-0.4, -0.2) is 58.1 Å². The molecule has 5 N–H and O–H groups in total. The number of amides is 2. The minimum Gasteiger partial charge on any atom is -0.396 e. The molecule has 180 valence electrons. The molecule has 0 radical (unpaired) electrons. The Morgan fingerprint density at radius 2 is 1.88 bits per heavy atom. The molecular weight excluding hydrogens is 428 g/mol. The van der Waals surface area contributed by atoms with E-state index in [1.165, 1.54) is 5.56 Å². The van der Waals surface area contributed by atoms with Crippen molar-refractivity contribution in [3.8, 4) is 0 Å². The zero-order valence-corrected chi connectivity index (χ0v) is 19.8. The number of hydrogen-bond donors (Lipinski definition) is 4. The van der Waals surface area contributed by atoms with Gasteiger partial charge in [0.25, 0.3) is 0 Å². The number of carbonyl (C=O) groups excluding carboxylic acids is 2. The largest absolute Gasteiger partial charge is 0.396 e. The van der Waals surface area contributed by atoms with E-state index in [-0.39, 0.29) is 30.3 Å². The molecular formula is C27H34N4O3. The van der Waals surface area contributed by atoms with Crippen molar-refractivity contribution in [3.63, 3.8) is 0 Å². The van der Waals surface area contributed by atoms with Gasteiger partial charge in [-0.05, 0) is 43.4 Å². The molecule has 1 aliphatic heterocycles. The summed E-state index contributed by atoms with van der Waals surface area (Å²) < 4.78 is 0. The molecule has 34 heavy (non-hydrogen) atoms. The summed E-state index contributed by atoms with van der Waals surface area (Å²) >= 11 is 0. The zero-order chi connectivity index (χ0) is 24.3. The van der Waals surface area contributed by atoms with Gasteiger partial charge in [0.15, 0.2) is 0 Å². The van der Waals surface area contributed by atoms with Crippen LogP contribution in [0.2, 0.25) is 0 Å². The van der Waals surface area contributed by atoms with Gasteiger partial charge in [-0.15, -0.1) is 0 Å². The van der Waals surface area contributed by atoms with Gasteiger partial charge in [0.1, 0.15) is 6.04 Å². The van der Waals surface area contributed by atoms with E-state index in [1.54, 1.807) is 18.7 Å². The highest BCUT2D eigenvalue weighted by molar-refractivity contribution is 5.92. The molecule has 3 aromatic rings. The zero-order valence-electron chi connectivity index (χ0n) is 19.8. The highest BCUT2D eigenvalue weighted by Gasteiger charge is 2.36. The second kappa shape index (κ2) is 9.99. The fraction of sp³-hybridized carbons (Fsp3) is 0.407. The predicted octanol–water partition coefficient (Wildman–Crippen LogP) is 2.56. The van der Waals surface area contributed by atoms with E-state index in [2.05, 4.69) is 22.4 Å². The molecule has 2 heterocycles. The lowest BCUT2D eigenvalue weighted by Gasteiger charge is -2.39. The molecule has 7 heteroatoms. The van der Waals surface area contributed by atoms with E-state index in [9.17, 15) is 14.7 Å². The minimum atomic E-state index is -1.10. The maximum absolute atomic E-state index is 13.7. The van der Waals surface area contributed by atoms with Crippen molar-refractivity contribution in [2.24, 2.45) is 11.7 Å². The number of nitrogens with zero attached hydrogens (tertiary/aromatic N) is 1. The van der Waals surface area contributed by atoms with Crippen LogP contribution in [0.1, 0.15) is 37.3 Å². The molecule has 1 saturated heterocycles. The predicted molar refractivity (Wildman–Crippen MR) is 133 cm³/mol. The highest BCUT2D eigenvalue weighted by Crippen LogP contribution is 2.33.